The van der Waals surface area contributed by atoms with Crippen molar-refractivity contribution in [2.45, 2.75) is 0 Å². The molecular weight excluding hydrogens is 657 g/mol. The van der Waals surface area contributed by atoms with Crippen molar-refractivity contribution in [3.8, 4) is 45.3 Å². The molecule has 11 rings (SSSR count). The van der Waals surface area contributed by atoms with E-state index in [1.54, 1.807) is 0 Å². The quantitative estimate of drug-likeness (QED) is 0.180. The Bertz CT molecular complexity index is 3150. The van der Waals surface area contributed by atoms with Crippen molar-refractivity contribution in [2.75, 3.05) is 0 Å². The normalized spacial score (nSPS) is 11.7. The smallest absolute Gasteiger partial charge is 0.160 e. The number of nitrogens with zero attached hydrogens (tertiary/aromatic N) is 4. The third-order valence-corrected chi connectivity index (χ3v) is 10.7. The van der Waals surface area contributed by atoms with Crippen molar-refractivity contribution in [2.24, 2.45) is 0 Å². The van der Waals surface area contributed by atoms with Gasteiger partial charge in [-0.1, -0.05) is 140 Å². The molecule has 8 aromatic carbocycles. The van der Waals surface area contributed by atoms with E-state index in [2.05, 4.69) is 191 Å². The van der Waals surface area contributed by atoms with E-state index in [1.807, 2.05) is 12.1 Å². The molecule has 0 saturated carbocycles. The average Bonchev–Trinajstić information content (AvgIpc) is 3.75. The van der Waals surface area contributed by atoms with Gasteiger partial charge in [-0.05, 0) is 65.4 Å². The van der Waals surface area contributed by atoms with Crippen molar-refractivity contribution in [3.63, 3.8) is 0 Å². The maximum atomic E-state index is 5.15. The summed E-state index contributed by atoms with van der Waals surface area (Å²) in [6.45, 7) is 0. The molecule has 4 nitrogen and oxygen atoms in total. The first-order valence-corrected chi connectivity index (χ1v) is 18.3. The predicted octanol–water partition coefficient (Wildman–Crippen LogP) is 12.8. The minimum atomic E-state index is 0.691. The molecule has 11 aromatic rings. The summed E-state index contributed by atoms with van der Waals surface area (Å²) in [7, 11) is 0. The lowest BCUT2D eigenvalue weighted by molar-refractivity contribution is 1.15. The molecule has 3 heterocycles. The fraction of sp³-hybridized carbons (Fsp3) is 0. The molecule has 3 aromatic heterocycles. The molecule has 0 amide bonds. The molecule has 0 aliphatic carbocycles. The van der Waals surface area contributed by atoms with Crippen LogP contribution in [0.3, 0.4) is 0 Å². The van der Waals surface area contributed by atoms with Crippen molar-refractivity contribution < 1.29 is 0 Å². The van der Waals surface area contributed by atoms with Gasteiger partial charge in [-0.3, -0.25) is 0 Å². The van der Waals surface area contributed by atoms with Crippen LogP contribution in [0.4, 0.5) is 0 Å². The maximum Gasteiger partial charge on any atom is 0.160 e. The van der Waals surface area contributed by atoms with Gasteiger partial charge in [0.1, 0.15) is 0 Å². The first kappa shape index (κ1) is 30.3. The van der Waals surface area contributed by atoms with Crippen LogP contribution in [0.15, 0.2) is 194 Å². The Morgan fingerprint density at radius 2 is 0.815 bits per heavy atom. The highest BCUT2D eigenvalue weighted by Crippen LogP contribution is 2.40. The van der Waals surface area contributed by atoms with Crippen LogP contribution in [-0.4, -0.2) is 19.1 Å². The third-order valence-electron chi connectivity index (χ3n) is 10.7. The predicted molar refractivity (Wildman–Crippen MR) is 225 cm³/mol. The van der Waals surface area contributed by atoms with E-state index in [4.69, 9.17) is 9.97 Å². The number of hydrogen-bond acceptors (Lipinski definition) is 2. The van der Waals surface area contributed by atoms with Gasteiger partial charge in [-0.15, -0.1) is 0 Å². The standard InChI is InChI=1S/C50H32N4/c1-3-15-34(16-4-1)44-31-45(35-17-5-2-6-18-35)52-50(51-44)37-20-13-21-38(29-37)53-46-24-11-9-22-40(46)42-30-43-41-23-10-12-25-47(41)54(49(43)32-48(42)53)39-27-26-33-14-7-8-19-36(33)28-39/h1-32H. The van der Waals surface area contributed by atoms with Crippen molar-refractivity contribution in [3.05, 3.63) is 194 Å². The summed E-state index contributed by atoms with van der Waals surface area (Å²) in [4.78, 5) is 10.3. The van der Waals surface area contributed by atoms with Gasteiger partial charge in [-0.25, -0.2) is 9.97 Å². The van der Waals surface area contributed by atoms with E-state index in [9.17, 15) is 0 Å². The topological polar surface area (TPSA) is 35.6 Å². The fourth-order valence-corrected chi connectivity index (χ4v) is 8.18. The van der Waals surface area contributed by atoms with Crippen molar-refractivity contribution >= 4 is 54.4 Å². The molecule has 0 spiro atoms. The van der Waals surface area contributed by atoms with E-state index in [1.165, 1.54) is 43.4 Å². The Kier molecular flexibility index (Phi) is 6.82. The van der Waals surface area contributed by atoms with Gasteiger partial charge in [0.05, 0.1) is 33.5 Å². The zero-order valence-corrected chi connectivity index (χ0v) is 29.3. The lowest BCUT2D eigenvalue weighted by atomic mass is 10.1. The highest BCUT2D eigenvalue weighted by atomic mass is 15.0. The Morgan fingerprint density at radius 1 is 0.296 bits per heavy atom. The second-order valence-corrected chi connectivity index (χ2v) is 13.9. The molecule has 0 bridgehead atoms. The van der Waals surface area contributed by atoms with Gasteiger partial charge < -0.3 is 9.13 Å². The molecule has 0 saturated heterocycles. The summed E-state index contributed by atoms with van der Waals surface area (Å²) in [6.07, 6.45) is 0. The van der Waals surface area contributed by atoms with Crippen LogP contribution >= 0.6 is 0 Å². The van der Waals surface area contributed by atoms with E-state index in [0.29, 0.717) is 5.82 Å². The zero-order valence-electron chi connectivity index (χ0n) is 29.3. The summed E-state index contributed by atoms with van der Waals surface area (Å²) in [5, 5.41) is 7.38. The number of para-hydroxylation sites is 2. The Labute approximate surface area is 311 Å². The van der Waals surface area contributed by atoms with E-state index in [0.717, 1.165) is 50.5 Å². The molecule has 0 aliphatic rings. The molecule has 0 fully saturated rings. The summed E-state index contributed by atoms with van der Waals surface area (Å²) in [6, 6.07) is 69.1. The monoisotopic (exact) mass is 688 g/mol. The summed E-state index contributed by atoms with van der Waals surface area (Å²) < 4.78 is 4.82. The van der Waals surface area contributed by atoms with Crippen LogP contribution in [0.5, 0.6) is 0 Å². The van der Waals surface area contributed by atoms with Crippen LogP contribution < -0.4 is 0 Å². The molecule has 0 aliphatic heterocycles. The highest BCUT2D eigenvalue weighted by molar-refractivity contribution is 6.19. The molecule has 0 N–H and O–H groups in total. The van der Waals surface area contributed by atoms with Gasteiger partial charge >= 0.3 is 0 Å². The molecule has 0 atom stereocenters. The molecule has 4 heteroatoms. The van der Waals surface area contributed by atoms with E-state index < -0.39 is 0 Å². The lowest BCUT2D eigenvalue weighted by Gasteiger charge is -2.13. The highest BCUT2D eigenvalue weighted by Gasteiger charge is 2.19. The number of fused-ring (bicyclic) bond motifs is 7. The lowest BCUT2D eigenvalue weighted by Crippen LogP contribution is -1.98. The van der Waals surface area contributed by atoms with Gasteiger partial charge in [0.15, 0.2) is 5.82 Å². The van der Waals surface area contributed by atoms with Gasteiger partial charge in [0.25, 0.3) is 0 Å². The fourth-order valence-electron chi connectivity index (χ4n) is 8.18. The minimum absolute atomic E-state index is 0.691. The second-order valence-electron chi connectivity index (χ2n) is 13.9. The van der Waals surface area contributed by atoms with Crippen molar-refractivity contribution in [1.82, 2.24) is 19.1 Å². The average molecular weight is 689 g/mol. The van der Waals surface area contributed by atoms with Crippen LogP contribution in [0, 0.1) is 0 Å². The van der Waals surface area contributed by atoms with Crippen LogP contribution in [0.25, 0.3) is 99.7 Å². The van der Waals surface area contributed by atoms with Gasteiger partial charge in [0.2, 0.25) is 0 Å². The summed E-state index contributed by atoms with van der Waals surface area (Å²) in [5.74, 6) is 0.691. The number of aromatic nitrogens is 4. The third kappa shape index (κ3) is 4.85. The van der Waals surface area contributed by atoms with Crippen LogP contribution in [-0.2, 0) is 0 Å². The summed E-state index contributed by atoms with van der Waals surface area (Å²) in [5.41, 5.74) is 11.7. The number of benzene rings is 8. The maximum absolute atomic E-state index is 5.15. The Morgan fingerprint density at radius 3 is 1.44 bits per heavy atom. The first-order chi connectivity index (χ1) is 26.8. The van der Waals surface area contributed by atoms with Crippen molar-refractivity contribution in [1.29, 1.82) is 0 Å². The molecule has 0 radical (unpaired) electrons. The molecule has 252 valence electrons. The molecule has 0 unspecified atom stereocenters. The molecular formula is C50H32N4. The van der Waals surface area contributed by atoms with Gasteiger partial charge in [-0.2, -0.15) is 0 Å². The largest absolute Gasteiger partial charge is 0.309 e. The summed E-state index contributed by atoms with van der Waals surface area (Å²) >= 11 is 0. The zero-order chi connectivity index (χ0) is 35.6. The number of rotatable bonds is 5. The molecule has 54 heavy (non-hydrogen) atoms. The Hall–Kier alpha value is -7.30. The van der Waals surface area contributed by atoms with E-state index in [-0.39, 0.29) is 0 Å². The van der Waals surface area contributed by atoms with Gasteiger partial charge in [0, 0.05) is 49.6 Å². The SMILES string of the molecule is c1ccc(-c2cc(-c3ccccc3)nc(-c3cccc(-n4c5ccccc5c5cc6c7ccccc7n(-c7ccc8ccccc8c7)c6cc54)c3)n2)cc1. The van der Waals surface area contributed by atoms with E-state index >= 15 is 0 Å². The second kappa shape index (κ2) is 12.1. The first-order valence-electron chi connectivity index (χ1n) is 18.3. The Balaban J connectivity index is 1.15. The minimum Gasteiger partial charge on any atom is -0.309 e. The van der Waals surface area contributed by atoms with Crippen LogP contribution in [0.1, 0.15) is 0 Å². The van der Waals surface area contributed by atoms with Crippen LogP contribution in [0.2, 0.25) is 0 Å². The number of hydrogen-bond donors (Lipinski definition) is 0.